The molecule has 0 radical (unpaired) electrons. The number of esters is 1. The molecule has 2 atom stereocenters. The Morgan fingerprint density at radius 2 is 2.00 bits per heavy atom. The summed E-state index contributed by atoms with van der Waals surface area (Å²) in [6, 6.07) is 4.33. The van der Waals surface area contributed by atoms with Gasteiger partial charge in [-0.15, -0.1) is 0 Å². The molecule has 0 saturated carbocycles. The number of methoxy groups -OCH3 is 1. The highest BCUT2D eigenvalue weighted by Crippen LogP contribution is 2.56. The number of allylic oxidation sites excluding steroid dienone is 2. The van der Waals surface area contributed by atoms with E-state index in [-0.39, 0.29) is 17.5 Å². The molecule has 3 aliphatic carbocycles. The van der Waals surface area contributed by atoms with Gasteiger partial charge in [0.05, 0.1) is 7.11 Å². The predicted octanol–water partition coefficient (Wildman–Crippen LogP) is 4.77. The zero-order chi connectivity index (χ0) is 17.8. The van der Waals surface area contributed by atoms with E-state index in [0.29, 0.717) is 0 Å². The second-order valence-electron chi connectivity index (χ2n) is 7.75. The highest BCUT2D eigenvalue weighted by molar-refractivity contribution is 5.80. The van der Waals surface area contributed by atoms with Crippen molar-refractivity contribution in [3.05, 3.63) is 46.0 Å². The molecule has 4 rings (SSSR count). The van der Waals surface area contributed by atoms with Gasteiger partial charge in [0.1, 0.15) is 11.9 Å². The number of hydrogen-bond acceptors (Lipinski definition) is 3. The van der Waals surface area contributed by atoms with Crippen LogP contribution in [0.3, 0.4) is 0 Å². The van der Waals surface area contributed by atoms with E-state index in [1.54, 1.807) is 7.11 Å². The second-order valence-corrected chi connectivity index (χ2v) is 7.75. The van der Waals surface area contributed by atoms with Crippen molar-refractivity contribution in [1.29, 1.82) is 0 Å². The zero-order valence-corrected chi connectivity index (χ0v) is 15.6. The first-order chi connectivity index (χ1) is 12.0. The van der Waals surface area contributed by atoms with Gasteiger partial charge in [-0.05, 0) is 72.1 Å². The fraction of sp³-hybridized carbons (Fsp3) is 0.500. The monoisotopic (exact) mass is 338 g/mol. The summed E-state index contributed by atoms with van der Waals surface area (Å²) in [4.78, 5) is 11.5. The summed E-state index contributed by atoms with van der Waals surface area (Å²) < 4.78 is 11.2. The number of hydrogen-bond donors (Lipinski definition) is 0. The highest BCUT2D eigenvalue weighted by Gasteiger charge is 2.47. The van der Waals surface area contributed by atoms with Crippen LogP contribution in [0.2, 0.25) is 0 Å². The first-order valence-corrected chi connectivity index (χ1v) is 9.23. The van der Waals surface area contributed by atoms with Crippen molar-refractivity contribution in [3.63, 3.8) is 0 Å². The van der Waals surface area contributed by atoms with Crippen LogP contribution in [-0.2, 0) is 16.0 Å². The molecule has 1 aromatic carbocycles. The van der Waals surface area contributed by atoms with Crippen LogP contribution in [0.1, 0.15) is 56.2 Å². The van der Waals surface area contributed by atoms with Gasteiger partial charge >= 0.3 is 5.97 Å². The van der Waals surface area contributed by atoms with Crippen LogP contribution in [0.15, 0.2) is 29.4 Å². The molecule has 0 amide bonds. The fourth-order valence-corrected chi connectivity index (χ4v) is 5.13. The Bertz CT molecular complexity index is 815. The van der Waals surface area contributed by atoms with Crippen LogP contribution in [0.25, 0.3) is 5.57 Å². The largest absolute Gasteiger partial charge is 0.496 e. The third kappa shape index (κ3) is 2.36. The summed E-state index contributed by atoms with van der Waals surface area (Å²) in [7, 11) is 1.74. The maximum Gasteiger partial charge on any atom is 0.302 e. The van der Waals surface area contributed by atoms with Gasteiger partial charge in [-0.3, -0.25) is 4.79 Å². The minimum absolute atomic E-state index is 0.00643. The molecule has 25 heavy (non-hydrogen) atoms. The average Bonchev–Trinajstić information content (AvgIpc) is 2.91. The summed E-state index contributed by atoms with van der Waals surface area (Å²) >= 11 is 0. The quantitative estimate of drug-likeness (QED) is 0.729. The van der Waals surface area contributed by atoms with Gasteiger partial charge in [0.25, 0.3) is 0 Å². The SMILES string of the molecule is COc1ccc2c(c1C)CCC1=C2CC[C@]2(C)C1=CC[C@H]2OC(C)=O. The Hall–Kier alpha value is -2.03. The minimum atomic E-state index is -0.169. The second kappa shape index (κ2) is 5.76. The molecule has 0 unspecified atom stereocenters. The summed E-state index contributed by atoms with van der Waals surface area (Å²) in [6.45, 7) is 5.96. The normalized spacial score (nSPS) is 27.2. The van der Waals surface area contributed by atoms with E-state index < -0.39 is 0 Å². The van der Waals surface area contributed by atoms with Crippen molar-refractivity contribution >= 4 is 11.5 Å². The van der Waals surface area contributed by atoms with E-state index in [2.05, 4.69) is 32.1 Å². The molecule has 3 nitrogen and oxygen atoms in total. The molecule has 0 bridgehead atoms. The molecule has 0 aliphatic heterocycles. The van der Waals surface area contributed by atoms with Crippen molar-refractivity contribution in [2.24, 2.45) is 5.41 Å². The van der Waals surface area contributed by atoms with Gasteiger partial charge in [-0.2, -0.15) is 0 Å². The van der Waals surface area contributed by atoms with Crippen LogP contribution >= 0.6 is 0 Å². The van der Waals surface area contributed by atoms with Crippen molar-refractivity contribution in [2.75, 3.05) is 7.11 Å². The molecule has 0 fully saturated rings. The molecule has 0 N–H and O–H groups in total. The Balaban J connectivity index is 1.76. The Morgan fingerprint density at radius 1 is 1.20 bits per heavy atom. The number of benzene rings is 1. The van der Waals surface area contributed by atoms with Crippen LogP contribution in [-0.4, -0.2) is 19.2 Å². The summed E-state index contributed by atoms with van der Waals surface area (Å²) in [6.07, 6.45) is 7.39. The van der Waals surface area contributed by atoms with Crippen molar-refractivity contribution in [3.8, 4) is 5.75 Å². The van der Waals surface area contributed by atoms with Crippen molar-refractivity contribution < 1.29 is 14.3 Å². The topological polar surface area (TPSA) is 35.5 Å². The van der Waals surface area contributed by atoms with E-state index in [0.717, 1.165) is 37.9 Å². The molecular weight excluding hydrogens is 312 g/mol. The standard InChI is InChI=1S/C22H26O3/c1-13-15-5-6-18-17(16(15)7-9-20(13)24-4)11-12-22(3)19(18)8-10-21(22)25-14(2)23/h7-9,21H,5-6,10-12H2,1-4H3/t21-,22-/m1/s1. The molecule has 132 valence electrons. The molecule has 0 heterocycles. The number of ether oxygens (including phenoxy) is 2. The number of carbonyl (C=O) groups is 1. The fourth-order valence-electron chi connectivity index (χ4n) is 5.13. The first kappa shape index (κ1) is 16.4. The molecule has 1 aromatic rings. The van der Waals surface area contributed by atoms with Gasteiger partial charge < -0.3 is 9.47 Å². The summed E-state index contributed by atoms with van der Waals surface area (Å²) in [5.74, 6) is 0.816. The summed E-state index contributed by atoms with van der Waals surface area (Å²) in [5.41, 5.74) is 8.52. The first-order valence-electron chi connectivity index (χ1n) is 9.23. The third-order valence-electron chi connectivity index (χ3n) is 6.47. The Morgan fingerprint density at radius 3 is 2.72 bits per heavy atom. The lowest BCUT2D eigenvalue weighted by Crippen LogP contribution is -2.36. The molecule has 3 heteroatoms. The maximum atomic E-state index is 11.5. The van der Waals surface area contributed by atoms with Crippen LogP contribution in [0, 0.1) is 12.3 Å². The van der Waals surface area contributed by atoms with Crippen LogP contribution < -0.4 is 4.74 Å². The van der Waals surface area contributed by atoms with Gasteiger partial charge in [0.15, 0.2) is 0 Å². The maximum absolute atomic E-state index is 11.5. The van der Waals surface area contributed by atoms with Crippen molar-refractivity contribution in [1.82, 2.24) is 0 Å². The minimum Gasteiger partial charge on any atom is -0.496 e. The average molecular weight is 338 g/mol. The number of rotatable bonds is 2. The molecule has 3 aliphatic rings. The van der Waals surface area contributed by atoms with Crippen LogP contribution in [0.5, 0.6) is 5.75 Å². The van der Waals surface area contributed by atoms with Gasteiger partial charge in [-0.25, -0.2) is 0 Å². The number of carbonyl (C=O) groups excluding carboxylic acids is 1. The molecular formula is C22H26O3. The zero-order valence-electron chi connectivity index (χ0n) is 15.6. The molecule has 0 spiro atoms. The smallest absolute Gasteiger partial charge is 0.302 e. The van der Waals surface area contributed by atoms with E-state index in [4.69, 9.17) is 9.47 Å². The lowest BCUT2D eigenvalue weighted by Gasteiger charge is -2.42. The molecule has 0 aromatic heterocycles. The Labute approximate surface area is 149 Å². The highest BCUT2D eigenvalue weighted by atomic mass is 16.5. The Kier molecular flexibility index (Phi) is 3.78. The van der Waals surface area contributed by atoms with Gasteiger partial charge in [0.2, 0.25) is 0 Å². The predicted molar refractivity (Wildman–Crippen MR) is 98.6 cm³/mol. The lowest BCUT2D eigenvalue weighted by atomic mass is 9.64. The van der Waals surface area contributed by atoms with E-state index >= 15 is 0 Å². The summed E-state index contributed by atoms with van der Waals surface area (Å²) in [5, 5.41) is 0. The van der Waals surface area contributed by atoms with Gasteiger partial charge in [0, 0.05) is 18.8 Å². The number of fused-ring (bicyclic) bond motifs is 4. The van der Waals surface area contributed by atoms with E-state index in [1.165, 1.54) is 40.3 Å². The van der Waals surface area contributed by atoms with Crippen LogP contribution in [0.4, 0.5) is 0 Å². The third-order valence-corrected chi connectivity index (χ3v) is 6.47. The lowest BCUT2D eigenvalue weighted by molar-refractivity contribution is -0.150. The van der Waals surface area contributed by atoms with Crippen molar-refractivity contribution in [2.45, 2.75) is 59.0 Å². The van der Waals surface area contributed by atoms with E-state index in [1.807, 2.05) is 0 Å². The molecule has 0 saturated heterocycles. The van der Waals surface area contributed by atoms with E-state index in [9.17, 15) is 4.79 Å². The van der Waals surface area contributed by atoms with Gasteiger partial charge in [-0.1, -0.05) is 19.1 Å².